The summed E-state index contributed by atoms with van der Waals surface area (Å²) in [6, 6.07) is 6.65. The summed E-state index contributed by atoms with van der Waals surface area (Å²) in [7, 11) is 0. The molecule has 76 valence electrons. The number of nitrogens with two attached hydrogens (primary N) is 1. The van der Waals surface area contributed by atoms with Crippen molar-refractivity contribution in [1.82, 2.24) is 0 Å². The van der Waals surface area contributed by atoms with Crippen molar-refractivity contribution in [3.63, 3.8) is 0 Å². The van der Waals surface area contributed by atoms with Gasteiger partial charge in [-0.05, 0) is 32.3 Å². The van der Waals surface area contributed by atoms with Crippen LogP contribution in [0, 0.1) is 13.8 Å². The molecule has 0 saturated heterocycles. The van der Waals surface area contributed by atoms with E-state index in [9.17, 15) is 0 Å². The third-order valence-electron chi connectivity index (χ3n) is 2.35. The molecular formula is C13H19N. The van der Waals surface area contributed by atoms with Gasteiger partial charge in [0.15, 0.2) is 0 Å². The fraction of sp³-hybridized carbons (Fsp3) is 0.385. The summed E-state index contributed by atoms with van der Waals surface area (Å²) in [5.41, 5.74) is 9.88. The van der Waals surface area contributed by atoms with Crippen LogP contribution in [0.4, 0.5) is 0 Å². The molecule has 0 spiro atoms. The Hall–Kier alpha value is -1.08. The molecule has 1 aromatic rings. The molecule has 0 heterocycles. The van der Waals surface area contributed by atoms with Gasteiger partial charge >= 0.3 is 0 Å². The first-order valence-electron chi connectivity index (χ1n) is 5.08. The maximum atomic E-state index is 6.07. The molecule has 1 aromatic carbocycles. The van der Waals surface area contributed by atoms with E-state index in [4.69, 9.17) is 5.73 Å². The molecule has 0 radical (unpaired) electrons. The Labute approximate surface area is 86.6 Å². The van der Waals surface area contributed by atoms with Gasteiger partial charge in [0.25, 0.3) is 0 Å². The van der Waals surface area contributed by atoms with Crippen LogP contribution in [0.25, 0.3) is 0 Å². The zero-order valence-electron chi connectivity index (χ0n) is 9.09. The summed E-state index contributed by atoms with van der Waals surface area (Å²) < 4.78 is 0. The van der Waals surface area contributed by atoms with E-state index in [0.29, 0.717) is 0 Å². The minimum Gasteiger partial charge on any atom is -0.324 e. The molecule has 0 aromatic heterocycles. The van der Waals surface area contributed by atoms with Crippen LogP contribution in [-0.2, 0) is 0 Å². The summed E-state index contributed by atoms with van der Waals surface area (Å²) in [6.45, 7) is 7.92. The first-order chi connectivity index (χ1) is 6.63. The van der Waals surface area contributed by atoms with Gasteiger partial charge in [0, 0.05) is 6.04 Å². The van der Waals surface area contributed by atoms with E-state index in [1.807, 2.05) is 6.08 Å². The van der Waals surface area contributed by atoms with Crippen molar-refractivity contribution in [3.05, 3.63) is 47.5 Å². The average molecular weight is 189 g/mol. The Morgan fingerprint density at radius 2 is 1.86 bits per heavy atom. The molecule has 14 heavy (non-hydrogen) atoms. The van der Waals surface area contributed by atoms with Crippen molar-refractivity contribution >= 4 is 0 Å². The maximum Gasteiger partial charge on any atom is 0.0297 e. The number of benzene rings is 1. The van der Waals surface area contributed by atoms with Crippen molar-refractivity contribution < 1.29 is 0 Å². The first kappa shape index (κ1) is 11.0. The van der Waals surface area contributed by atoms with Crippen LogP contribution in [0.2, 0.25) is 0 Å². The molecule has 0 bridgehead atoms. The van der Waals surface area contributed by atoms with E-state index in [1.54, 1.807) is 0 Å². The zero-order chi connectivity index (χ0) is 10.6. The van der Waals surface area contributed by atoms with Crippen molar-refractivity contribution in [3.8, 4) is 0 Å². The number of aryl methyl sites for hydroxylation is 2. The quantitative estimate of drug-likeness (QED) is 0.723. The second-order valence-electron chi connectivity index (χ2n) is 3.89. The maximum absolute atomic E-state index is 6.07. The standard InChI is InChI=1S/C13H19N/c1-4-5-6-13(14)12-8-10(2)7-11(3)9-12/h4,7-9,13H,1,5-6,14H2,2-3H3/t13-/m0/s1. The highest BCUT2D eigenvalue weighted by Gasteiger charge is 2.05. The topological polar surface area (TPSA) is 26.0 Å². The molecular weight excluding hydrogens is 170 g/mol. The van der Waals surface area contributed by atoms with Gasteiger partial charge in [0.2, 0.25) is 0 Å². The lowest BCUT2D eigenvalue weighted by atomic mass is 9.99. The minimum absolute atomic E-state index is 0.145. The number of hydrogen-bond donors (Lipinski definition) is 1. The first-order valence-corrected chi connectivity index (χ1v) is 5.08. The van der Waals surface area contributed by atoms with Crippen LogP contribution >= 0.6 is 0 Å². The Morgan fingerprint density at radius 3 is 2.36 bits per heavy atom. The molecule has 0 unspecified atom stereocenters. The number of allylic oxidation sites excluding steroid dienone is 1. The third kappa shape index (κ3) is 3.00. The predicted octanol–water partition coefficient (Wildman–Crippen LogP) is 3.27. The van der Waals surface area contributed by atoms with E-state index < -0.39 is 0 Å². The van der Waals surface area contributed by atoms with Gasteiger partial charge in [0.1, 0.15) is 0 Å². The van der Waals surface area contributed by atoms with Crippen LogP contribution in [-0.4, -0.2) is 0 Å². The highest BCUT2D eigenvalue weighted by Crippen LogP contribution is 2.18. The van der Waals surface area contributed by atoms with Crippen LogP contribution in [0.1, 0.15) is 35.6 Å². The summed E-state index contributed by atoms with van der Waals surface area (Å²) >= 11 is 0. The largest absolute Gasteiger partial charge is 0.324 e. The van der Waals surface area contributed by atoms with Gasteiger partial charge in [-0.2, -0.15) is 0 Å². The highest BCUT2D eigenvalue weighted by atomic mass is 14.6. The highest BCUT2D eigenvalue weighted by molar-refractivity contribution is 5.30. The van der Waals surface area contributed by atoms with E-state index in [2.05, 4.69) is 38.6 Å². The molecule has 1 rings (SSSR count). The summed E-state index contributed by atoms with van der Waals surface area (Å²) in [5, 5.41) is 0. The second-order valence-corrected chi connectivity index (χ2v) is 3.89. The smallest absolute Gasteiger partial charge is 0.0297 e. The predicted molar refractivity (Wildman–Crippen MR) is 62.3 cm³/mol. The number of hydrogen-bond acceptors (Lipinski definition) is 1. The normalized spacial score (nSPS) is 12.5. The molecule has 2 N–H and O–H groups in total. The summed E-state index contributed by atoms with van der Waals surface area (Å²) in [6.07, 6.45) is 3.88. The van der Waals surface area contributed by atoms with Crippen LogP contribution in [0.5, 0.6) is 0 Å². The van der Waals surface area contributed by atoms with Gasteiger partial charge in [-0.1, -0.05) is 35.4 Å². The summed E-state index contributed by atoms with van der Waals surface area (Å²) in [4.78, 5) is 0. The van der Waals surface area contributed by atoms with E-state index >= 15 is 0 Å². The molecule has 1 nitrogen and oxygen atoms in total. The van der Waals surface area contributed by atoms with Crippen LogP contribution < -0.4 is 5.73 Å². The van der Waals surface area contributed by atoms with Crippen molar-refractivity contribution in [2.75, 3.05) is 0 Å². The molecule has 0 aliphatic carbocycles. The molecule has 1 heteroatoms. The second kappa shape index (κ2) is 4.97. The average Bonchev–Trinajstić information content (AvgIpc) is 2.12. The lowest BCUT2D eigenvalue weighted by Gasteiger charge is -2.12. The molecule has 1 atom stereocenters. The van der Waals surface area contributed by atoms with Crippen LogP contribution in [0.15, 0.2) is 30.9 Å². The Kier molecular flexibility index (Phi) is 3.90. The monoisotopic (exact) mass is 189 g/mol. The van der Waals surface area contributed by atoms with E-state index in [-0.39, 0.29) is 6.04 Å². The number of rotatable bonds is 4. The van der Waals surface area contributed by atoms with E-state index in [1.165, 1.54) is 16.7 Å². The lowest BCUT2D eigenvalue weighted by molar-refractivity contribution is 0.660. The fourth-order valence-corrected chi connectivity index (χ4v) is 1.69. The van der Waals surface area contributed by atoms with Gasteiger partial charge < -0.3 is 5.73 Å². The Morgan fingerprint density at radius 1 is 1.29 bits per heavy atom. The lowest BCUT2D eigenvalue weighted by Crippen LogP contribution is -2.10. The third-order valence-corrected chi connectivity index (χ3v) is 2.35. The molecule has 0 fully saturated rings. The van der Waals surface area contributed by atoms with Gasteiger partial charge in [-0.25, -0.2) is 0 Å². The molecule has 0 aliphatic heterocycles. The molecule has 0 amide bonds. The van der Waals surface area contributed by atoms with Crippen molar-refractivity contribution in [1.29, 1.82) is 0 Å². The van der Waals surface area contributed by atoms with E-state index in [0.717, 1.165) is 12.8 Å². The Bertz CT molecular complexity index is 295. The Balaban J connectivity index is 2.78. The van der Waals surface area contributed by atoms with Crippen LogP contribution in [0.3, 0.4) is 0 Å². The molecule has 0 saturated carbocycles. The zero-order valence-corrected chi connectivity index (χ0v) is 9.09. The van der Waals surface area contributed by atoms with Crippen molar-refractivity contribution in [2.45, 2.75) is 32.7 Å². The van der Waals surface area contributed by atoms with Gasteiger partial charge in [-0.15, -0.1) is 6.58 Å². The minimum atomic E-state index is 0.145. The van der Waals surface area contributed by atoms with Gasteiger partial charge in [0.05, 0.1) is 0 Å². The fourth-order valence-electron chi connectivity index (χ4n) is 1.69. The SMILES string of the molecule is C=CCC[C@H](N)c1cc(C)cc(C)c1. The van der Waals surface area contributed by atoms with Gasteiger partial charge in [-0.3, -0.25) is 0 Å². The summed E-state index contributed by atoms with van der Waals surface area (Å²) in [5.74, 6) is 0. The molecule has 0 aliphatic rings. The van der Waals surface area contributed by atoms with Crippen molar-refractivity contribution in [2.24, 2.45) is 5.73 Å².